The fourth-order valence-corrected chi connectivity index (χ4v) is 5.70. The highest BCUT2D eigenvalue weighted by atomic mass is 16.6. The van der Waals surface area contributed by atoms with Gasteiger partial charge in [0.25, 0.3) is 0 Å². The molecule has 34 heavy (non-hydrogen) atoms. The minimum absolute atomic E-state index is 0.0104. The third kappa shape index (κ3) is 4.19. The van der Waals surface area contributed by atoms with Gasteiger partial charge < -0.3 is 14.2 Å². The lowest BCUT2D eigenvalue weighted by molar-refractivity contribution is -0.161. The molecule has 1 aromatic rings. The molecule has 0 N–H and O–H groups in total. The van der Waals surface area contributed by atoms with Gasteiger partial charge in [-0.1, -0.05) is 39.5 Å². The van der Waals surface area contributed by atoms with Gasteiger partial charge in [-0.3, -0.25) is 4.79 Å². The first-order valence-corrected chi connectivity index (χ1v) is 11.9. The van der Waals surface area contributed by atoms with Crippen LogP contribution in [-0.2, 0) is 29.2 Å². The predicted octanol–water partition coefficient (Wildman–Crippen LogP) is 5.06. The summed E-state index contributed by atoms with van der Waals surface area (Å²) in [5, 5.41) is 0. The monoisotopic (exact) mass is 466 g/mol. The fourth-order valence-electron chi connectivity index (χ4n) is 5.70. The quantitative estimate of drug-likeness (QED) is 0.268. The van der Waals surface area contributed by atoms with Gasteiger partial charge >= 0.3 is 17.9 Å². The molecule has 1 heterocycles. The van der Waals surface area contributed by atoms with Crippen molar-refractivity contribution in [2.75, 3.05) is 0 Å². The number of benzene rings is 1. The van der Waals surface area contributed by atoms with Crippen molar-refractivity contribution in [1.82, 2.24) is 0 Å². The molecule has 6 heteroatoms. The normalized spacial score (nSPS) is 30.9. The van der Waals surface area contributed by atoms with Crippen molar-refractivity contribution in [1.29, 1.82) is 0 Å². The first-order chi connectivity index (χ1) is 15.8. The molecular formula is C28H34O6. The molecule has 3 aliphatic rings. The number of ether oxygens (including phenoxy) is 3. The Hall–Kier alpha value is -2.89. The number of carbonyl (C=O) groups excluding carboxylic acids is 3. The van der Waals surface area contributed by atoms with Crippen LogP contribution in [0.3, 0.4) is 0 Å². The molecule has 0 amide bonds. The maximum absolute atomic E-state index is 13.0. The second-order valence-corrected chi connectivity index (χ2v) is 11.1. The highest BCUT2D eigenvalue weighted by Gasteiger charge is 2.56. The van der Waals surface area contributed by atoms with Crippen LogP contribution in [0.4, 0.5) is 0 Å². The Morgan fingerprint density at radius 3 is 2.41 bits per heavy atom. The van der Waals surface area contributed by atoms with E-state index in [4.69, 9.17) is 14.2 Å². The van der Waals surface area contributed by atoms with Gasteiger partial charge in [-0.15, -0.1) is 0 Å². The minimum atomic E-state index is -0.783. The first-order valence-electron chi connectivity index (χ1n) is 11.9. The molecule has 4 rings (SSSR count). The third-order valence-corrected chi connectivity index (χ3v) is 7.68. The Balaban J connectivity index is 1.64. The molecule has 0 spiro atoms. The number of fused-ring (bicyclic) bond motifs is 3. The Labute approximate surface area is 201 Å². The summed E-state index contributed by atoms with van der Waals surface area (Å²) in [6.07, 6.45) is 0.730. The fraction of sp³-hybridized carbons (Fsp3) is 0.536. The lowest BCUT2D eigenvalue weighted by Crippen LogP contribution is -2.40. The molecule has 182 valence electrons. The van der Waals surface area contributed by atoms with Crippen LogP contribution >= 0.6 is 0 Å². The lowest BCUT2D eigenvalue weighted by Gasteiger charge is -2.35. The predicted molar refractivity (Wildman–Crippen MR) is 127 cm³/mol. The molecule has 5 atom stereocenters. The third-order valence-electron chi connectivity index (χ3n) is 7.68. The molecule has 2 fully saturated rings. The van der Waals surface area contributed by atoms with Gasteiger partial charge in [0, 0.05) is 24.3 Å². The van der Waals surface area contributed by atoms with E-state index in [9.17, 15) is 14.4 Å². The van der Waals surface area contributed by atoms with Crippen molar-refractivity contribution in [3.05, 3.63) is 58.7 Å². The van der Waals surface area contributed by atoms with Gasteiger partial charge in [0.05, 0.1) is 5.56 Å². The largest absolute Gasteiger partial charge is 0.459 e. The van der Waals surface area contributed by atoms with Gasteiger partial charge in [0.1, 0.15) is 17.8 Å². The van der Waals surface area contributed by atoms with Gasteiger partial charge in [0.2, 0.25) is 0 Å². The van der Waals surface area contributed by atoms with Gasteiger partial charge in [-0.05, 0) is 67.4 Å². The van der Waals surface area contributed by atoms with Gasteiger partial charge in [-0.25, -0.2) is 9.59 Å². The minimum Gasteiger partial charge on any atom is -0.459 e. The molecule has 1 unspecified atom stereocenters. The van der Waals surface area contributed by atoms with Crippen molar-refractivity contribution in [3.63, 3.8) is 0 Å². The molecule has 0 bridgehead atoms. The van der Waals surface area contributed by atoms with Crippen LogP contribution in [0.15, 0.2) is 47.6 Å². The molecule has 1 saturated carbocycles. The zero-order chi connectivity index (χ0) is 25.0. The second-order valence-electron chi connectivity index (χ2n) is 11.1. The first kappa shape index (κ1) is 24.2. The van der Waals surface area contributed by atoms with E-state index in [1.807, 2.05) is 26.0 Å². The molecule has 1 aliphatic heterocycles. The summed E-state index contributed by atoms with van der Waals surface area (Å²) < 4.78 is 17.6. The van der Waals surface area contributed by atoms with E-state index >= 15 is 0 Å². The van der Waals surface area contributed by atoms with Gasteiger partial charge in [-0.2, -0.15) is 0 Å². The van der Waals surface area contributed by atoms with E-state index < -0.39 is 23.8 Å². The summed E-state index contributed by atoms with van der Waals surface area (Å²) in [6, 6.07) is 7.49. The average molecular weight is 467 g/mol. The van der Waals surface area contributed by atoms with E-state index in [2.05, 4.69) is 27.4 Å². The summed E-state index contributed by atoms with van der Waals surface area (Å²) in [7, 11) is 0. The average Bonchev–Trinajstić information content (AvgIpc) is 3.18. The maximum atomic E-state index is 13.0. The molecule has 0 radical (unpaired) electrons. The van der Waals surface area contributed by atoms with Crippen molar-refractivity contribution < 1.29 is 28.6 Å². The van der Waals surface area contributed by atoms with E-state index in [-0.39, 0.29) is 29.2 Å². The Bertz CT molecular complexity index is 1070. The standard InChI is InChI=1S/C28H34O6/c1-15-20-12-13-28(7,34-17(3)29)21-14-22(16(2)23(21)24(20)33-25(15)30)32-26(31)18-8-10-19(11-9-18)27(4,5)6/h8-11,20-22,24H,1,12-14H2,2-7H3/t20-,21?,22-,24-,28+/m0/s1. The van der Waals surface area contributed by atoms with Crippen molar-refractivity contribution in [3.8, 4) is 0 Å². The molecule has 2 aliphatic carbocycles. The summed E-state index contributed by atoms with van der Waals surface area (Å²) in [5.74, 6) is -1.53. The SMILES string of the molecule is C=C1C(=O)O[C@@H]2C3=C(C)[C@@H](OC(=O)c4ccc(C(C)(C)C)cc4)CC3[C@](C)(OC(C)=O)CC[C@@H]12. The Morgan fingerprint density at radius 1 is 1.18 bits per heavy atom. The van der Waals surface area contributed by atoms with Gasteiger partial charge in [0.15, 0.2) is 0 Å². The van der Waals surface area contributed by atoms with Crippen LogP contribution in [0.5, 0.6) is 0 Å². The highest BCUT2D eigenvalue weighted by Crippen LogP contribution is 2.53. The zero-order valence-electron chi connectivity index (χ0n) is 20.9. The van der Waals surface area contributed by atoms with E-state index in [1.54, 1.807) is 12.1 Å². The summed E-state index contributed by atoms with van der Waals surface area (Å²) in [4.78, 5) is 37.3. The van der Waals surface area contributed by atoms with Crippen molar-refractivity contribution in [2.24, 2.45) is 11.8 Å². The van der Waals surface area contributed by atoms with E-state index in [1.165, 1.54) is 6.92 Å². The number of hydrogen-bond acceptors (Lipinski definition) is 6. The van der Waals surface area contributed by atoms with Crippen molar-refractivity contribution >= 4 is 17.9 Å². The van der Waals surface area contributed by atoms with Crippen LogP contribution in [0.25, 0.3) is 0 Å². The summed E-state index contributed by atoms with van der Waals surface area (Å²) >= 11 is 0. The van der Waals surface area contributed by atoms with Crippen LogP contribution in [0.2, 0.25) is 0 Å². The summed E-state index contributed by atoms with van der Waals surface area (Å²) in [6.45, 7) is 15.6. The Morgan fingerprint density at radius 2 is 1.82 bits per heavy atom. The molecule has 1 aromatic carbocycles. The zero-order valence-corrected chi connectivity index (χ0v) is 20.9. The van der Waals surface area contributed by atoms with Crippen LogP contribution in [-0.4, -0.2) is 35.7 Å². The van der Waals surface area contributed by atoms with Crippen LogP contribution < -0.4 is 0 Å². The van der Waals surface area contributed by atoms with Crippen LogP contribution in [0, 0.1) is 11.8 Å². The maximum Gasteiger partial charge on any atom is 0.338 e. The molecular weight excluding hydrogens is 432 g/mol. The molecule has 6 nitrogen and oxygen atoms in total. The number of hydrogen-bond donors (Lipinski definition) is 0. The lowest BCUT2D eigenvalue weighted by atomic mass is 9.81. The van der Waals surface area contributed by atoms with Crippen LogP contribution in [0.1, 0.15) is 76.7 Å². The highest BCUT2D eigenvalue weighted by molar-refractivity contribution is 5.91. The van der Waals surface area contributed by atoms with E-state index in [0.717, 1.165) is 16.7 Å². The number of esters is 3. The van der Waals surface area contributed by atoms with E-state index in [0.29, 0.717) is 30.4 Å². The second kappa shape index (κ2) is 8.40. The molecule has 0 aromatic heterocycles. The summed E-state index contributed by atoms with van der Waals surface area (Å²) in [5.41, 5.74) is 3.05. The molecule has 1 saturated heterocycles. The number of rotatable bonds is 3. The topological polar surface area (TPSA) is 78.9 Å². The number of carbonyl (C=O) groups is 3. The Kier molecular flexibility index (Phi) is 5.99. The smallest absolute Gasteiger partial charge is 0.338 e. The van der Waals surface area contributed by atoms with Crippen molar-refractivity contribution in [2.45, 2.75) is 84.0 Å².